The number of hydrogen-bond donors (Lipinski definition) is 1. The highest BCUT2D eigenvalue weighted by atomic mass is 16.5. The number of anilines is 1. The Balaban J connectivity index is 2.38. The third-order valence-electron chi connectivity index (χ3n) is 4.15. The lowest BCUT2D eigenvalue weighted by Crippen LogP contribution is -2.24. The summed E-state index contributed by atoms with van der Waals surface area (Å²) in [4.78, 5) is 48.8. The molecular formula is C20H24N2O7. The number of carbonyl (C=O) groups is 3. The fraction of sp³-hybridized carbons (Fsp3) is 0.400. The molecule has 9 heteroatoms. The number of aryl methyl sites for hydroxylation is 3. The lowest BCUT2D eigenvalue weighted by molar-refractivity contribution is -0.116. The summed E-state index contributed by atoms with van der Waals surface area (Å²) in [7, 11) is 0. The quantitative estimate of drug-likeness (QED) is 0.704. The molecular weight excluding hydrogens is 380 g/mol. The van der Waals surface area contributed by atoms with E-state index in [-0.39, 0.29) is 48.0 Å². The van der Waals surface area contributed by atoms with E-state index in [1.54, 1.807) is 32.3 Å². The molecule has 0 aliphatic rings. The number of nitrogens with zero attached hydrogens (tertiary/aromatic N) is 1. The largest absolute Gasteiger partial charge is 0.462 e. The zero-order chi connectivity index (χ0) is 21.7. The van der Waals surface area contributed by atoms with Gasteiger partial charge in [-0.05, 0) is 34.6 Å². The maximum atomic E-state index is 12.6. The van der Waals surface area contributed by atoms with Crippen molar-refractivity contribution in [2.75, 3.05) is 18.5 Å². The van der Waals surface area contributed by atoms with Crippen molar-refractivity contribution in [2.45, 2.75) is 41.2 Å². The minimum absolute atomic E-state index is 0.0779. The molecule has 0 saturated heterocycles. The van der Waals surface area contributed by atoms with E-state index in [4.69, 9.17) is 13.9 Å². The zero-order valence-corrected chi connectivity index (χ0v) is 17.1. The molecule has 0 unspecified atom stereocenters. The molecule has 1 amide bonds. The molecule has 0 bridgehead atoms. The van der Waals surface area contributed by atoms with Gasteiger partial charge in [0.15, 0.2) is 5.43 Å². The Morgan fingerprint density at radius 3 is 2.00 bits per heavy atom. The van der Waals surface area contributed by atoms with Crippen LogP contribution >= 0.6 is 0 Å². The van der Waals surface area contributed by atoms with Crippen LogP contribution in [0.1, 0.15) is 51.7 Å². The van der Waals surface area contributed by atoms with E-state index in [0.717, 1.165) is 0 Å². The standard InChI is InChI=1S/C20H24N2O7/c1-6-27-19(25)16-13(5)29-18(17(16)20(26)28-7-2)21-15(24)10-22-11(3)8-14(23)9-12(22)4/h8-9H,6-7,10H2,1-5H3,(H,21,24). The SMILES string of the molecule is CCOC(=O)c1c(C)oc(NC(=O)Cn2c(C)cc(=O)cc2C)c1C(=O)OCC. The highest BCUT2D eigenvalue weighted by Gasteiger charge is 2.31. The predicted octanol–water partition coefficient (Wildman–Crippen LogP) is 2.36. The number of hydrogen-bond acceptors (Lipinski definition) is 7. The monoisotopic (exact) mass is 404 g/mol. The normalized spacial score (nSPS) is 10.5. The number of amides is 1. The van der Waals surface area contributed by atoms with Crippen molar-refractivity contribution >= 4 is 23.7 Å². The van der Waals surface area contributed by atoms with Crippen LogP contribution in [-0.2, 0) is 20.8 Å². The van der Waals surface area contributed by atoms with Gasteiger partial charge in [0.1, 0.15) is 23.4 Å². The van der Waals surface area contributed by atoms with Crippen molar-refractivity contribution < 1.29 is 28.3 Å². The second-order valence-electron chi connectivity index (χ2n) is 6.29. The molecule has 0 aliphatic carbocycles. The Morgan fingerprint density at radius 1 is 0.966 bits per heavy atom. The number of nitrogens with one attached hydrogen (secondary N) is 1. The first-order valence-electron chi connectivity index (χ1n) is 9.15. The number of pyridine rings is 1. The van der Waals surface area contributed by atoms with Gasteiger partial charge < -0.3 is 18.5 Å². The van der Waals surface area contributed by atoms with Gasteiger partial charge in [0.25, 0.3) is 0 Å². The van der Waals surface area contributed by atoms with Crippen molar-refractivity contribution in [1.82, 2.24) is 4.57 Å². The predicted molar refractivity (Wildman–Crippen MR) is 104 cm³/mol. The molecule has 29 heavy (non-hydrogen) atoms. The number of rotatable bonds is 7. The maximum Gasteiger partial charge on any atom is 0.344 e. The number of furan rings is 1. The molecule has 0 radical (unpaired) electrons. The third kappa shape index (κ3) is 4.92. The first kappa shape index (κ1) is 21.9. The Labute approximate surface area is 167 Å². The molecule has 1 N–H and O–H groups in total. The van der Waals surface area contributed by atoms with Crippen molar-refractivity contribution in [1.29, 1.82) is 0 Å². The summed E-state index contributed by atoms with van der Waals surface area (Å²) < 4.78 is 17.1. The number of ether oxygens (including phenoxy) is 2. The summed E-state index contributed by atoms with van der Waals surface area (Å²) in [5, 5.41) is 2.51. The average molecular weight is 404 g/mol. The smallest absolute Gasteiger partial charge is 0.344 e. The fourth-order valence-electron chi connectivity index (χ4n) is 2.93. The molecule has 9 nitrogen and oxygen atoms in total. The summed E-state index contributed by atoms with van der Waals surface area (Å²) in [5.41, 5.74) is 0.792. The van der Waals surface area contributed by atoms with E-state index < -0.39 is 17.8 Å². The molecule has 0 aromatic carbocycles. The van der Waals surface area contributed by atoms with Gasteiger partial charge in [-0.2, -0.15) is 0 Å². The van der Waals surface area contributed by atoms with Crippen molar-refractivity contribution in [3.63, 3.8) is 0 Å². The Hall–Kier alpha value is -3.36. The Kier molecular flexibility index (Phi) is 6.98. The maximum absolute atomic E-state index is 12.6. The van der Waals surface area contributed by atoms with Crippen LogP contribution in [0.15, 0.2) is 21.3 Å². The minimum atomic E-state index is -0.807. The van der Waals surface area contributed by atoms with Gasteiger partial charge >= 0.3 is 11.9 Å². The number of aromatic nitrogens is 1. The van der Waals surface area contributed by atoms with Crippen LogP contribution in [-0.4, -0.2) is 35.6 Å². The molecule has 156 valence electrons. The highest BCUT2D eigenvalue weighted by molar-refractivity contribution is 6.09. The van der Waals surface area contributed by atoms with E-state index in [1.165, 1.54) is 19.1 Å². The highest BCUT2D eigenvalue weighted by Crippen LogP contribution is 2.29. The third-order valence-corrected chi connectivity index (χ3v) is 4.15. The molecule has 0 fully saturated rings. The topological polar surface area (TPSA) is 117 Å². The first-order valence-corrected chi connectivity index (χ1v) is 9.15. The molecule has 0 atom stereocenters. The van der Waals surface area contributed by atoms with E-state index in [2.05, 4.69) is 5.32 Å². The number of carbonyl (C=O) groups excluding carboxylic acids is 3. The first-order chi connectivity index (χ1) is 13.7. The Bertz CT molecular complexity index is 975. The summed E-state index contributed by atoms with van der Waals surface area (Å²) in [5.74, 6) is -2.12. The van der Waals surface area contributed by atoms with Gasteiger partial charge in [-0.1, -0.05) is 0 Å². The summed E-state index contributed by atoms with van der Waals surface area (Å²) in [6.45, 7) is 8.23. The summed E-state index contributed by atoms with van der Waals surface area (Å²) in [6, 6.07) is 2.83. The summed E-state index contributed by atoms with van der Waals surface area (Å²) >= 11 is 0. The minimum Gasteiger partial charge on any atom is -0.462 e. The van der Waals surface area contributed by atoms with Gasteiger partial charge in [-0.3, -0.25) is 14.9 Å². The van der Waals surface area contributed by atoms with Crippen LogP contribution < -0.4 is 10.7 Å². The lowest BCUT2D eigenvalue weighted by Gasteiger charge is -2.13. The molecule has 2 rings (SSSR count). The zero-order valence-electron chi connectivity index (χ0n) is 17.1. The molecule has 2 heterocycles. The fourth-order valence-corrected chi connectivity index (χ4v) is 2.93. The van der Waals surface area contributed by atoms with Gasteiger partial charge in [-0.25, -0.2) is 9.59 Å². The second kappa shape index (κ2) is 9.22. The van der Waals surface area contributed by atoms with E-state index in [9.17, 15) is 19.2 Å². The van der Waals surface area contributed by atoms with Gasteiger partial charge in [0.05, 0.1) is 13.2 Å². The van der Waals surface area contributed by atoms with Crippen LogP contribution in [0.5, 0.6) is 0 Å². The van der Waals surface area contributed by atoms with Crippen LogP contribution in [0, 0.1) is 20.8 Å². The van der Waals surface area contributed by atoms with Crippen LogP contribution in [0.4, 0.5) is 5.88 Å². The van der Waals surface area contributed by atoms with E-state index in [1.807, 2.05) is 0 Å². The lowest BCUT2D eigenvalue weighted by atomic mass is 10.1. The molecule has 0 aliphatic heterocycles. The Morgan fingerprint density at radius 2 is 1.48 bits per heavy atom. The number of esters is 2. The molecule has 2 aromatic rings. The van der Waals surface area contributed by atoms with Crippen LogP contribution in [0.25, 0.3) is 0 Å². The summed E-state index contributed by atoms with van der Waals surface area (Å²) in [6.07, 6.45) is 0. The van der Waals surface area contributed by atoms with Crippen LogP contribution in [0.2, 0.25) is 0 Å². The molecule has 0 spiro atoms. The van der Waals surface area contributed by atoms with Gasteiger partial charge in [0.2, 0.25) is 11.8 Å². The average Bonchev–Trinajstić information content (AvgIpc) is 2.94. The molecule has 2 aromatic heterocycles. The van der Waals surface area contributed by atoms with Gasteiger partial charge in [0, 0.05) is 23.5 Å². The van der Waals surface area contributed by atoms with Crippen molar-refractivity contribution in [3.8, 4) is 0 Å². The molecule has 0 saturated carbocycles. The van der Waals surface area contributed by atoms with Gasteiger partial charge in [-0.15, -0.1) is 0 Å². The van der Waals surface area contributed by atoms with E-state index in [0.29, 0.717) is 11.4 Å². The van der Waals surface area contributed by atoms with Crippen LogP contribution in [0.3, 0.4) is 0 Å². The second-order valence-corrected chi connectivity index (χ2v) is 6.29. The van der Waals surface area contributed by atoms with Crippen molar-refractivity contribution in [2.24, 2.45) is 0 Å². The van der Waals surface area contributed by atoms with E-state index >= 15 is 0 Å². The van der Waals surface area contributed by atoms with Crippen molar-refractivity contribution in [3.05, 3.63) is 50.6 Å².